The lowest BCUT2D eigenvalue weighted by molar-refractivity contribution is -0.118. The fourth-order valence-corrected chi connectivity index (χ4v) is 3.79. The molecule has 1 aliphatic heterocycles. The number of carbonyl (C=O) groups excluding carboxylic acids is 2. The number of ketones is 1. The number of aromatic amines is 1. The van der Waals surface area contributed by atoms with E-state index in [1.54, 1.807) is 6.07 Å². The molecule has 7 nitrogen and oxygen atoms in total. The van der Waals surface area contributed by atoms with Gasteiger partial charge in [0.2, 0.25) is 18.5 Å². The van der Waals surface area contributed by atoms with Crippen LogP contribution in [-0.4, -0.2) is 37.2 Å². The van der Waals surface area contributed by atoms with Crippen LogP contribution in [0.4, 0.5) is 5.69 Å². The number of Topliss-reactive ketones (excluding diaryl/α,β-unsaturated/α-hetero) is 1. The van der Waals surface area contributed by atoms with Crippen LogP contribution in [0, 0.1) is 0 Å². The number of hydrogen-bond acceptors (Lipinski definition) is 5. The maximum Gasteiger partial charge on any atom is 0.235 e. The molecule has 2 heterocycles. The van der Waals surface area contributed by atoms with Gasteiger partial charge >= 0.3 is 0 Å². The third-order valence-corrected chi connectivity index (χ3v) is 5.56. The lowest BCUT2D eigenvalue weighted by atomic mass is 9.94. The highest BCUT2D eigenvalue weighted by Gasteiger charge is 2.51. The van der Waals surface area contributed by atoms with Crippen molar-refractivity contribution in [2.45, 2.75) is 18.3 Å². The van der Waals surface area contributed by atoms with Crippen LogP contribution >= 0.6 is 0 Å². The lowest BCUT2D eigenvalue weighted by Gasteiger charge is -2.16. The number of anilines is 1. The molecular weight excluding hydrogens is 372 g/mol. The molecule has 148 valence electrons. The number of methoxy groups -OCH3 is 1. The van der Waals surface area contributed by atoms with E-state index in [0.717, 1.165) is 29.3 Å². The Hall–Kier alpha value is -3.32. The van der Waals surface area contributed by atoms with Gasteiger partial charge in [0.15, 0.2) is 11.5 Å². The molecule has 1 aliphatic carbocycles. The first kappa shape index (κ1) is 17.8. The van der Waals surface area contributed by atoms with E-state index in [1.165, 1.54) is 7.11 Å². The number of amides is 1. The number of aromatic nitrogens is 1. The quantitative estimate of drug-likeness (QED) is 0.628. The number of benzene rings is 2. The van der Waals surface area contributed by atoms with Crippen molar-refractivity contribution in [3.05, 3.63) is 53.7 Å². The fraction of sp³-hybridized carbons (Fsp3) is 0.273. The van der Waals surface area contributed by atoms with Gasteiger partial charge in [0, 0.05) is 23.7 Å². The summed E-state index contributed by atoms with van der Waals surface area (Å²) >= 11 is 0. The Bertz CT molecular complexity index is 1130. The molecule has 0 atom stereocenters. The van der Waals surface area contributed by atoms with Crippen LogP contribution in [0.2, 0.25) is 0 Å². The van der Waals surface area contributed by atoms with Crippen molar-refractivity contribution in [2.75, 3.05) is 25.8 Å². The second-order valence-electron chi connectivity index (χ2n) is 7.45. The average molecular weight is 392 g/mol. The Morgan fingerprint density at radius 2 is 1.93 bits per heavy atom. The van der Waals surface area contributed by atoms with Crippen LogP contribution < -0.4 is 14.8 Å². The van der Waals surface area contributed by atoms with Gasteiger partial charge in [-0.25, -0.2) is 0 Å². The van der Waals surface area contributed by atoms with E-state index in [9.17, 15) is 9.59 Å². The minimum absolute atomic E-state index is 0.0223. The summed E-state index contributed by atoms with van der Waals surface area (Å²) in [5.74, 6) is 1.24. The smallest absolute Gasteiger partial charge is 0.235 e. The number of hydrogen-bond donors (Lipinski definition) is 2. The predicted molar refractivity (Wildman–Crippen MR) is 107 cm³/mol. The lowest BCUT2D eigenvalue weighted by Crippen LogP contribution is -2.27. The van der Waals surface area contributed by atoms with Crippen molar-refractivity contribution in [3.8, 4) is 11.5 Å². The van der Waals surface area contributed by atoms with Crippen LogP contribution in [0.1, 0.15) is 28.9 Å². The second kappa shape index (κ2) is 6.63. The Balaban J connectivity index is 1.37. The summed E-state index contributed by atoms with van der Waals surface area (Å²) in [6.07, 6.45) is 1.58. The van der Waals surface area contributed by atoms with Gasteiger partial charge in [-0.3, -0.25) is 9.59 Å². The van der Waals surface area contributed by atoms with Gasteiger partial charge in [-0.15, -0.1) is 0 Å². The second-order valence-corrected chi connectivity index (χ2v) is 7.45. The molecular formula is C22H20N2O5. The molecule has 3 aromatic rings. The summed E-state index contributed by atoms with van der Waals surface area (Å²) in [7, 11) is 1.49. The topological polar surface area (TPSA) is 89.7 Å². The third-order valence-electron chi connectivity index (χ3n) is 5.56. The maximum atomic E-state index is 13.1. The molecule has 1 amide bonds. The van der Waals surface area contributed by atoms with Crippen LogP contribution in [0.15, 0.2) is 42.5 Å². The molecule has 0 radical (unpaired) electrons. The van der Waals surface area contributed by atoms with E-state index in [4.69, 9.17) is 14.2 Å². The number of nitrogens with one attached hydrogen (secondary N) is 2. The van der Waals surface area contributed by atoms with Crippen molar-refractivity contribution in [1.82, 2.24) is 4.98 Å². The van der Waals surface area contributed by atoms with Crippen molar-refractivity contribution in [3.63, 3.8) is 0 Å². The molecule has 7 heteroatoms. The predicted octanol–water partition coefficient (Wildman–Crippen LogP) is 3.40. The van der Waals surface area contributed by atoms with Gasteiger partial charge in [-0.2, -0.15) is 0 Å². The molecule has 29 heavy (non-hydrogen) atoms. The largest absolute Gasteiger partial charge is 0.454 e. The molecule has 2 N–H and O–H groups in total. The van der Waals surface area contributed by atoms with Crippen LogP contribution in [0.3, 0.4) is 0 Å². The van der Waals surface area contributed by atoms with Crippen LogP contribution in [0.25, 0.3) is 10.9 Å². The molecule has 2 aliphatic rings. The molecule has 2 aromatic carbocycles. The normalized spacial score (nSPS) is 16.0. The van der Waals surface area contributed by atoms with E-state index < -0.39 is 5.41 Å². The van der Waals surface area contributed by atoms with E-state index in [-0.39, 0.29) is 25.1 Å². The van der Waals surface area contributed by atoms with Gasteiger partial charge in [0.25, 0.3) is 0 Å². The summed E-state index contributed by atoms with van der Waals surface area (Å²) in [5.41, 5.74) is 2.42. The summed E-state index contributed by atoms with van der Waals surface area (Å²) in [6, 6.07) is 13.0. The molecule has 0 spiro atoms. The number of ether oxygens (including phenoxy) is 3. The summed E-state index contributed by atoms with van der Waals surface area (Å²) in [4.78, 5) is 28.2. The molecule has 5 rings (SSSR count). The highest BCUT2D eigenvalue weighted by atomic mass is 16.7. The van der Waals surface area contributed by atoms with Crippen LogP contribution in [-0.2, 0) is 14.9 Å². The summed E-state index contributed by atoms with van der Waals surface area (Å²) in [6.45, 7) is 0.234. The average Bonchev–Trinajstić information content (AvgIpc) is 3.21. The van der Waals surface area contributed by atoms with Gasteiger partial charge in [-0.1, -0.05) is 6.07 Å². The molecule has 0 bridgehead atoms. The van der Waals surface area contributed by atoms with Crippen molar-refractivity contribution in [2.24, 2.45) is 0 Å². The van der Waals surface area contributed by atoms with Gasteiger partial charge in [-0.05, 0) is 54.8 Å². The molecule has 1 fully saturated rings. The zero-order valence-corrected chi connectivity index (χ0v) is 15.9. The monoisotopic (exact) mass is 392 g/mol. The standard InChI is InChI=1S/C22H20N2O5/c1-27-11-18(25)17-9-13-8-15(3-4-16(13)24-17)23-21(26)22(6-7-22)14-2-5-19-20(10-14)29-12-28-19/h2-5,8-10,24H,6-7,11-12H2,1H3,(H,23,26). The summed E-state index contributed by atoms with van der Waals surface area (Å²) in [5, 5.41) is 3.89. The first-order chi connectivity index (χ1) is 14.1. The van der Waals surface area contributed by atoms with Gasteiger partial charge in [0.05, 0.1) is 11.1 Å². The van der Waals surface area contributed by atoms with E-state index >= 15 is 0 Å². The molecule has 0 saturated heterocycles. The zero-order valence-electron chi connectivity index (χ0n) is 15.9. The molecule has 1 saturated carbocycles. The minimum Gasteiger partial charge on any atom is -0.454 e. The highest BCUT2D eigenvalue weighted by Crippen LogP contribution is 2.51. The number of carbonyl (C=O) groups is 2. The van der Waals surface area contributed by atoms with Gasteiger partial charge < -0.3 is 24.5 Å². The van der Waals surface area contributed by atoms with Crippen LogP contribution in [0.5, 0.6) is 11.5 Å². The first-order valence-electron chi connectivity index (χ1n) is 9.45. The highest BCUT2D eigenvalue weighted by molar-refractivity contribution is 6.04. The molecule has 1 aromatic heterocycles. The Morgan fingerprint density at radius 1 is 1.10 bits per heavy atom. The fourth-order valence-electron chi connectivity index (χ4n) is 3.79. The Labute approximate surface area is 167 Å². The van der Waals surface area contributed by atoms with Gasteiger partial charge in [0.1, 0.15) is 6.61 Å². The Kier molecular flexibility index (Phi) is 4.06. The Morgan fingerprint density at radius 3 is 2.72 bits per heavy atom. The van der Waals surface area contributed by atoms with E-state index in [1.807, 2.05) is 36.4 Å². The minimum atomic E-state index is -0.534. The van der Waals surface area contributed by atoms with Crippen molar-refractivity contribution < 1.29 is 23.8 Å². The third kappa shape index (κ3) is 3.03. The van der Waals surface area contributed by atoms with Crippen molar-refractivity contribution >= 4 is 28.3 Å². The maximum absolute atomic E-state index is 13.1. The van der Waals surface area contributed by atoms with E-state index in [0.29, 0.717) is 22.9 Å². The zero-order chi connectivity index (χ0) is 20.0. The molecule has 0 unspecified atom stereocenters. The van der Waals surface area contributed by atoms with E-state index in [2.05, 4.69) is 10.3 Å². The van der Waals surface area contributed by atoms with Crippen molar-refractivity contribution in [1.29, 1.82) is 0 Å². The number of fused-ring (bicyclic) bond motifs is 2. The SMILES string of the molecule is COCC(=O)c1cc2cc(NC(=O)C3(c4ccc5c(c4)OCO5)CC3)ccc2[nH]1. The first-order valence-corrected chi connectivity index (χ1v) is 9.45. The number of H-pyrrole nitrogens is 1. The summed E-state index contributed by atoms with van der Waals surface area (Å²) < 4.78 is 15.7. The number of rotatable bonds is 6.